The molecule has 1 aromatic heterocycles. The number of ether oxygens (including phenoxy) is 4. The number of hydrogen-bond donors (Lipinski definition) is 2. The Bertz CT molecular complexity index is 2160. The molecule has 2 aliphatic carbocycles. The lowest BCUT2D eigenvalue weighted by Gasteiger charge is -2.47. The van der Waals surface area contributed by atoms with Crippen molar-refractivity contribution >= 4 is 34.2 Å². The second-order valence-electron chi connectivity index (χ2n) is 21.3. The van der Waals surface area contributed by atoms with E-state index in [-0.39, 0.29) is 79.5 Å². The monoisotopic (exact) mass is 957 g/mol. The summed E-state index contributed by atoms with van der Waals surface area (Å²) in [5.41, 5.74) is 1.15. The molecule has 69 heavy (non-hydrogen) atoms. The van der Waals surface area contributed by atoms with Gasteiger partial charge in [-0.3, -0.25) is 19.2 Å². The smallest absolute Gasteiger partial charge is 0.293 e. The molecule has 0 radical (unpaired) electrons. The van der Waals surface area contributed by atoms with Gasteiger partial charge in [0.2, 0.25) is 0 Å². The molecule has 12 heteroatoms. The molecular formula is C57H84N2O10. The van der Waals surface area contributed by atoms with Gasteiger partial charge in [-0.1, -0.05) is 50.1 Å². The summed E-state index contributed by atoms with van der Waals surface area (Å²) >= 11 is 0. The maximum Gasteiger partial charge on any atom is 0.293 e. The molecule has 2 saturated carbocycles. The summed E-state index contributed by atoms with van der Waals surface area (Å²) < 4.78 is 27.3. The minimum absolute atomic E-state index is 0.00767. The molecule has 1 aromatic carbocycles. The lowest BCUT2D eigenvalue weighted by atomic mass is 9.65. The second kappa shape index (κ2) is 24.5. The van der Waals surface area contributed by atoms with Crippen LogP contribution in [0.2, 0.25) is 0 Å². The van der Waals surface area contributed by atoms with E-state index in [1.807, 2.05) is 39.8 Å². The van der Waals surface area contributed by atoms with E-state index in [1.165, 1.54) is 10.4 Å². The summed E-state index contributed by atoms with van der Waals surface area (Å²) in [5, 5.41) is 25.6. The first-order chi connectivity index (χ1) is 33.0. The number of ketones is 3. The molecule has 14 atom stereocenters. The van der Waals surface area contributed by atoms with E-state index >= 15 is 0 Å². The van der Waals surface area contributed by atoms with Gasteiger partial charge in [-0.25, -0.2) is 0 Å². The number of fused-ring (bicyclic) bond motifs is 4. The number of aliphatic hydroxyl groups is 2. The van der Waals surface area contributed by atoms with Gasteiger partial charge in [0.15, 0.2) is 5.78 Å². The molecule has 2 N–H and O–H groups in total. The minimum Gasteiger partial charge on any atom is -0.488 e. The van der Waals surface area contributed by atoms with Crippen molar-refractivity contribution in [2.45, 2.75) is 181 Å². The Labute approximate surface area is 412 Å². The zero-order chi connectivity index (χ0) is 50.2. The van der Waals surface area contributed by atoms with Crippen molar-refractivity contribution in [3.05, 3.63) is 66.4 Å². The molecule has 0 spiro atoms. The fourth-order valence-corrected chi connectivity index (χ4v) is 12.5. The SMILES string of the molecule is C=CCC1/C=C(\C)CC(C)CC(OC)C2CC(O)(C(=O)C(=O)N3CCCCC3C(=O)CC(C(C)=CC3CCC(Oc4ccc5c(ccn5CC)c4)C(OCC)C3)C(C)C(O)CC1=O)C(C)CC2OC. The van der Waals surface area contributed by atoms with E-state index < -0.39 is 53.1 Å². The maximum atomic E-state index is 14.9. The molecule has 1 amide bonds. The van der Waals surface area contributed by atoms with Crippen LogP contribution in [0.1, 0.15) is 132 Å². The predicted molar refractivity (Wildman–Crippen MR) is 270 cm³/mol. The van der Waals surface area contributed by atoms with Gasteiger partial charge in [0.1, 0.15) is 23.2 Å². The molecule has 14 unspecified atom stereocenters. The van der Waals surface area contributed by atoms with Crippen molar-refractivity contribution in [3.63, 3.8) is 0 Å². The Morgan fingerprint density at radius 3 is 2.33 bits per heavy atom. The number of rotatable bonds is 11. The van der Waals surface area contributed by atoms with Crippen molar-refractivity contribution in [2.75, 3.05) is 27.4 Å². The molecule has 3 fully saturated rings. The standard InChI is InChI=1S/C57H84N2O10/c1-11-16-42-26-35(4)25-36(5)27-52(66-9)45-34-57(65,38(7)29-53(45)67-10)55(63)56(64)59-23-15-14-17-47(59)50(62)32-44(39(8)48(60)33-49(42)61)37(6)28-40-18-21-51(54(30-40)68-13-3)69-43-19-20-46-41(31-43)22-24-58(46)12-2/h11,19-20,22,24,26,28,31,36,38-40,42,44-45,47-48,51-54,60,65H,1,12-18,21,23,25,27,29-30,32-34H2,2-10H3/b35-26+,37-28?. The number of nitrogens with zero attached hydrogens (tertiary/aromatic N) is 2. The van der Waals surface area contributed by atoms with Crippen LogP contribution in [-0.4, -0.2) is 112 Å². The first-order valence-electron chi connectivity index (χ1n) is 26.2. The molecule has 2 bridgehead atoms. The number of amides is 1. The van der Waals surface area contributed by atoms with Crippen LogP contribution in [0.25, 0.3) is 10.9 Å². The van der Waals surface area contributed by atoms with Gasteiger partial charge < -0.3 is 38.6 Å². The Morgan fingerprint density at radius 2 is 1.64 bits per heavy atom. The van der Waals surface area contributed by atoms with E-state index in [9.17, 15) is 29.4 Å². The van der Waals surface area contributed by atoms with Crippen molar-refractivity contribution in [2.24, 2.45) is 41.4 Å². The molecule has 382 valence electrons. The van der Waals surface area contributed by atoms with Crippen LogP contribution in [0.15, 0.2) is 66.4 Å². The normalized spacial score (nSPS) is 36.0. The highest BCUT2D eigenvalue weighted by molar-refractivity contribution is 6.39. The maximum absolute atomic E-state index is 14.9. The highest BCUT2D eigenvalue weighted by Crippen LogP contribution is 2.44. The van der Waals surface area contributed by atoms with Crippen LogP contribution < -0.4 is 4.74 Å². The molecule has 1 saturated heterocycles. The number of hydrogen-bond acceptors (Lipinski definition) is 10. The topological polar surface area (TPSA) is 154 Å². The van der Waals surface area contributed by atoms with Gasteiger partial charge in [-0.15, -0.1) is 6.58 Å². The number of carbonyl (C=O) groups is 4. The number of aliphatic hydroxyl groups excluding tert-OH is 1. The number of aryl methyl sites for hydroxylation is 1. The van der Waals surface area contributed by atoms with E-state index in [2.05, 4.69) is 55.5 Å². The average Bonchev–Trinajstić information content (AvgIpc) is 3.75. The highest BCUT2D eigenvalue weighted by Gasteiger charge is 2.55. The summed E-state index contributed by atoms with van der Waals surface area (Å²) in [4.78, 5) is 59.7. The number of Topliss-reactive ketones (excluding diaryl/α,β-unsaturated/α-hetero) is 3. The summed E-state index contributed by atoms with van der Waals surface area (Å²) in [5.74, 6) is -3.41. The van der Waals surface area contributed by atoms with Crippen LogP contribution in [0.5, 0.6) is 5.75 Å². The zero-order valence-electron chi connectivity index (χ0n) is 43.2. The number of benzene rings is 1. The highest BCUT2D eigenvalue weighted by atomic mass is 16.5. The lowest BCUT2D eigenvalue weighted by Crippen LogP contribution is -2.61. The quantitative estimate of drug-likeness (QED) is 0.165. The van der Waals surface area contributed by atoms with Gasteiger partial charge in [-0.2, -0.15) is 0 Å². The van der Waals surface area contributed by atoms with E-state index in [1.54, 1.807) is 27.2 Å². The predicted octanol–water partition coefficient (Wildman–Crippen LogP) is 9.42. The third-order valence-electron chi connectivity index (χ3n) is 16.5. The molecule has 6 rings (SSSR count). The van der Waals surface area contributed by atoms with Crippen molar-refractivity contribution in [1.29, 1.82) is 0 Å². The van der Waals surface area contributed by atoms with Crippen molar-refractivity contribution in [1.82, 2.24) is 9.47 Å². The van der Waals surface area contributed by atoms with E-state index in [4.69, 9.17) is 18.9 Å². The first-order valence-corrected chi connectivity index (χ1v) is 26.2. The average molecular weight is 957 g/mol. The van der Waals surface area contributed by atoms with Crippen LogP contribution in [0, 0.1) is 41.4 Å². The summed E-state index contributed by atoms with van der Waals surface area (Å²) in [7, 11) is 3.26. The van der Waals surface area contributed by atoms with Crippen molar-refractivity contribution in [3.8, 4) is 5.75 Å². The molecular weight excluding hydrogens is 873 g/mol. The van der Waals surface area contributed by atoms with E-state index in [0.717, 1.165) is 41.7 Å². The largest absolute Gasteiger partial charge is 0.488 e. The van der Waals surface area contributed by atoms with Gasteiger partial charge in [0.05, 0.1) is 30.5 Å². The minimum atomic E-state index is -1.98. The number of piperidine rings is 1. The van der Waals surface area contributed by atoms with Gasteiger partial charge in [0, 0.05) is 75.7 Å². The van der Waals surface area contributed by atoms with Gasteiger partial charge in [-0.05, 0) is 152 Å². The van der Waals surface area contributed by atoms with Crippen LogP contribution in [0.3, 0.4) is 0 Å². The summed E-state index contributed by atoms with van der Waals surface area (Å²) in [6, 6.07) is 7.47. The molecule has 2 aromatic rings. The molecule has 4 aliphatic rings. The Balaban J connectivity index is 1.31. The Morgan fingerprint density at radius 1 is 0.899 bits per heavy atom. The number of carbonyl (C=O) groups excluding carboxylic acids is 4. The van der Waals surface area contributed by atoms with Crippen LogP contribution >= 0.6 is 0 Å². The third-order valence-corrected chi connectivity index (χ3v) is 16.5. The Kier molecular flexibility index (Phi) is 19.3. The molecule has 3 heterocycles. The zero-order valence-corrected chi connectivity index (χ0v) is 43.2. The fourth-order valence-electron chi connectivity index (χ4n) is 12.5. The van der Waals surface area contributed by atoms with E-state index in [0.29, 0.717) is 58.0 Å². The molecule has 2 aliphatic heterocycles. The van der Waals surface area contributed by atoms with Crippen molar-refractivity contribution < 1.29 is 48.3 Å². The lowest BCUT2D eigenvalue weighted by molar-refractivity contribution is -0.176. The van der Waals surface area contributed by atoms with Gasteiger partial charge in [0.25, 0.3) is 11.7 Å². The Hall–Kier alpha value is -3.94. The summed E-state index contributed by atoms with van der Waals surface area (Å²) in [6.07, 6.45) is 12.0. The molecule has 12 nitrogen and oxygen atoms in total. The fraction of sp³-hybridized carbons (Fsp3) is 0.684. The summed E-state index contributed by atoms with van der Waals surface area (Å²) in [6.45, 7) is 19.6. The number of aromatic nitrogens is 1. The van der Waals surface area contributed by atoms with Crippen LogP contribution in [-0.2, 0) is 39.9 Å². The third kappa shape index (κ3) is 12.8. The number of methoxy groups -OCH3 is 2. The first kappa shape index (κ1) is 54.4. The number of allylic oxidation sites excluding steroid dienone is 5. The van der Waals surface area contributed by atoms with Gasteiger partial charge >= 0.3 is 0 Å². The van der Waals surface area contributed by atoms with Crippen LogP contribution in [0.4, 0.5) is 0 Å². The second-order valence-corrected chi connectivity index (χ2v) is 21.3.